The molecule has 1 atom stereocenters. The largest absolute Gasteiger partial charge is 0.465 e. The van der Waals surface area contributed by atoms with Gasteiger partial charge in [0.2, 0.25) is 0 Å². The number of hydrogen-bond acceptors (Lipinski definition) is 4. The highest BCUT2D eigenvalue weighted by Crippen LogP contribution is 2.35. The summed E-state index contributed by atoms with van der Waals surface area (Å²) in [5, 5.41) is 10.6. The third-order valence-electron chi connectivity index (χ3n) is 5.88. The number of rotatable bonds is 3. The van der Waals surface area contributed by atoms with E-state index in [9.17, 15) is 14.7 Å². The molecule has 1 fully saturated rings. The number of aromatic nitrogens is 2. The lowest BCUT2D eigenvalue weighted by Gasteiger charge is -2.39. The number of nitrogens with zero attached hydrogens (tertiary/aromatic N) is 4. The zero-order valence-electron chi connectivity index (χ0n) is 18.0. The number of carbonyl (C=O) groups is 1. The van der Waals surface area contributed by atoms with Gasteiger partial charge in [-0.25, -0.2) is 9.59 Å². The number of halogens is 2. The summed E-state index contributed by atoms with van der Waals surface area (Å²) >= 11 is 9.95. The first-order valence-electron chi connectivity index (χ1n) is 10.4. The summed E-state index contributed by atoms with van der Waals surface area (Å²) in [6.45, 7) is 7.22. The molecule has 0 radical (unpaired) electrons. The van der Waals surface area contributed by atoms with Crippen LogP contribution in [-0.4, -0.2) is 51.3 Å². The van der Waals surface area contributed by atoms with Crippen molar-refractivity contribution in [1.29, 1.82) is 0 Å². The van der Waals surface area contributed by atoms with Gasteiger partial charge in [0.25, 0.3) is 0 Å². The van der Waals surface area contributed by atoms with Crippen molar-refractivity contribution in [2.45, 2.75) is 32.7 Å². The molecule has 0 saturated carbocycles. The molecule has 0 bridgehead atoms. The second kappa shape index (κ2) is 8.75. The molecular formula is C23H24BrClN4O3. The quantitative estimate of drug-likeness (QED) is 0.520. The second-order valence-corrected chi connectivity index (χ2v) is 9.58. The predicted molar refractivity (Wildman–Crippen MR) is 131 cm³/mol. The van der Waals surface area contributed by atoms with Crippen LogP contribution in [0.1, 0.15) is 32.3 Å². The molecule has 1 aliphatic rings. The van der Waals surface area contributed by atoms with Crippen molar-refractivity contribution in [3.05, 3.63) is 61.9 Å². The molecule has 1 amide bonds. The molecule has 0 aliphatic carbocycles. The summed E-state index contributed by atoms with van der Waals surface area (Å²) in [6.07, 6.45) is -0.943. The average Bonchev–Trinajstić information content (AvgIpc) is 2.74. The van der Waals surface area contributed by atoms with E-state index in [0.29, 0.717) is 40.5 Å². The van der Waals surface area contributed by atoms with E-state index < -0.39 is 6.09 Å². The van der Waals surface area contributed by atoms with Gasteiger partial charge in [-0.3, -0.25) is 4.57 Å². The zero-order chi connectivity index (χ0) is 23.2. The summed E-state index contributed by atoms with van der Waals surface area (Å²) in [7, 11) is 0. The van der Waals surface area contributed by atoms with Crippen molar-refractivity contribution in [2.75, 3.05) is 24.5 Å². The Balaban J connectivity index is 1.96. The van der Waals surface area contributed by atoms with Gasteiger partial charge >= 0.3 is 11.8 Å². The highest BCUT2D eigenvalue weighted by Gasteiger charge is 2.29. The maximum atomic E-state index is 13.4. The Kier molecular flexibility index (Phi) is 6.18. The second-order valence-electron chi connectivity index (χ2n) is 8.32. The molecule has 1 unspecified atom stereocenters. The maximum Gasteiger partial charge on any atom is 0.407 e. The lowest BCUT2D eigenvalue weighted by Crippen LogP contribution is -2.54. The highest BCUT2D eigenvalue weighted by atomic mass is 79.9. The van der Waals surface area contributed by atoms with Gasteiger partial charge in [-0.2, -0.15) is 4.98 Å². The topological polar surface area (TPSA) is 78.7 Å². The molecule has 2 aromatic carbocycles. The fraction of sp³-hybridized carbons (Fsp3) is 0.348. The Hall–Kier alpha value is -2.58. The molecule has 1 saturated heterocycles. The van der Waals surface area contributed by atoms with E-state index in [0.717, 1.165) is 16.6 Å². The lowest BCUT2D eigenvalue weighted by molar-refractivity contribution is 0.136. The third kappa shape index (κ3) is 3.97. The van der Waals surface area contributed by atoms with Crippen molar-refractivity contribution in [1.82, 2.24) is 14.5 Å². The first-order chi connectivity index (χ1) is 15.2. The molecule has 0 spiro atoms. The summed E-state index contributed by atoms with van der Waals surface area (Å²) in [5.74, 6) is 0.739. The van der Waals surface area contributed by atoms with Crippen LogP contribution < -0.4 is 10.6 Å². The molecular weight excluding hydrogens is 496 g/mol. The number of fused-ring (bicyclic) bond motifs is 1. The van der Waals surface area contributed by atoms with Crippen molar-refractivity contribution in [2.24, 2.45) is 0 Å². The number of anilines is 1. The van der Waals surface area contributed by atoms with Gasteiger partial charge < -0.3 is 14.9 Å². The van der Waals surface area contributed by atoms with Crippen molar-refractivity contribution < 1.29 is 9.90 Å². The van der Waals surface area contributed by atoms with Crippen LogP contribution in [0.25, 0.3) is 16.6 Å². The Labute approximate surface area is 199 Å². The standard InChI is InChI=1S/C23H24BrClN4O3/c1-13(2)15-6-4-5-7-19(15)29-20-11-17(24)18(25)10-16(20)21(26-22(29)30)28-9-8-27(23(31)32)12-14(28)3/h4-7,10-11,13-14H,8-9,12H2,1-3H3,(H,31,32). The van der Waals surface area contributed by atoms with Crippen molar-refractivity contribution >= 4 is 50.3 Å². The fourth-order valence-electron chi connectivity index (χ4n) is 4.28. The fourth-order valence-corrected chi connectivity index (χ4v) is 4.78. The SMILES string of the molecule is CC(C)c1ccccc1-n1c(=O)nc(N2CCN(C(=O)O)CC2C)c2cc(Cl)c(Br)cc21. The molecule has 32 heavy (non-hydrogen) atoms. The number of hydrogen-bond donors (Lipinski definition) is 1. The number of piperazine rings is 1. The van der Waals surface area contributed by atoms with E-state index in [2.05, 4.69) is 34.8 Å². The molecule has 4 rings (SSSR count). The average molecular weight is 520 g/mol. The lowest BCUT2D eigenvalue weighted by atomic mass is 10.0. The Morgan fingerprint density at radius 1 is 1.25 bits per heavy atom. The highest BCUT2D eigenvalue weighted by molar-refractivity contribution is 9.10. The van der Waals surface area contributed by atoms with E-state index in [1.54, 1.807) is 4.57 Å². The molecule has 1 aliphatic heterocycles. The maximum absolute atomic E-state index is 13.4. The molecule has 1 N–H and O–H groups in total. The Morgan fingerprint density at radius 2 is 1.97 bits per heavy atom. The van der Waals surface area contributed by atoms with Crippen LogP contribution in [0.5, 0.6) is 0 Å². The molecule has 2 heterocycles. The molecule has 1 aromatic heterocycles. The molecule has 3 aromatic rings. The predicted octanol–water partition coefficient (Wildman–Crippen LogP) is 5.11. The van der Waals surface area contributed by atoms with Crippen LogP contribution in [0.2, 0.25) is 5.02 Å². The minimum atomic E-state index is -0.943. The molecule has 168 valence electrons. The summed E-state index contributed by atoms with van der Waals surface area (Å²) in [5.41, 5.74) is 2.13. The van der Waals surface area contributed by atoms with Gasteiger partial charge in [0.1, 0.15) is 5.82 Å². The zero-order valence-corrected chi connectivity index (χ0v) is 20.4. The normalized spacial score (nSPS) is 16.8. The molecule has 9 heteroatoms. The molecule has 7 nitrogen and oxygen atoms in total. The number of amides is 1. The van der Waals surface area contributed by atoms with Gasteiger partial charge in [0, 0.05) is 35.5 Å². The monoisotopic (exact) mass is 518 g/mol. The van der Waals surface area contributed by atoms with Gasteiger partial charge in [-0.15, -0.1) is 0 Å². The summed E-state index contributed by atoms with van der Waals surface area (Å²) < 4.78 is 2.32. The van der Waals surface area contributed by atoms with E-state index in [1.807, 2.05) is 48.2 Å². The van der Waals surface area contributed by atoms with Crippen LogP contribution in [0.15, 0.2) is 45.7 Å². The van der Waals surface area contributed by atoms with Crippen LogP contribution in [0.4, 0.5) is 10.6 Å². The van der Waals surface area contributed by atoms with Gasteiger partial charge in [0.15, 0.2) is 0 Å². The first-order valence-corrected chi connectivity index (χ1v) is 11.6. The Bertz CT molecular complexity index is 1260. The van der Waals surface area contributed by atoms with Crippen LogP contribution >= 0.6 is 27.5 Å². The van der Waals surface area contributed by atoms with Crippen LogP contribution in [0, 0.1) is 0 Å². The minimum absolute atomic E-state index is 0.142. The van der Waals surface area contributed by atoms with E-state index in [1.165, 1.54) is 4.90 Å². The first kappa shape index (κ1) is 22.6. The summed E-state index contributed by atoms with van der Waals surface area (Å²) in [4.78, 5) is 32.7. The van der Waals surface area contributed by atoms with E-state index in [-0.39, 0.29) is 17.6 Å². The third-order valence-corrected chi connectivity index (χ3v) is 7.08. The minimum Gasteiger partial charge on any atom is -0.465 e. The van der Waals surface area contributed by atoms with Crippen molar-refractivity contribution in [3.63, 3.8) is 0 Å². The Morgan fingerprint density at radius 3 is 2.62 bits per heavy atom. The van der Waals surface area contributed by atoms with Gasteiger partial charge in [0.05, 0.1) is 16.2 Å². The van der Waals surface area contributed by atoms with Crippen molar-refractivity contribution in [3.8, 4) is 5.69 Å². The number of para-hydroxylation sites is 1. The van der Waals surface area contributed by atoms with Gasteiger partial charge in [-0.1, -0.05) is 43.6 Å². The van der Waals surface area contributed by atoms with Crippen LogP contribution in [-0.2, 0) is 0 Å². The van der Waals surface area contributed by atoms with Crippen LogP contribution in [0.3, 0.4) is 0 Å². The van der Waals surface area contributed by atoms with E-state index in [4.69, 9.17) is 11.6 Å². The summed E-state index contributed by atoms with van der Waals surface area (Å²) in [6, 6.07) is 11.3. The van der Waals surface area contributed by atoms with Gasteiger partial charge in [-0.05, 0) is 52.5 Å². The number of benzene rings is 2. The van der Waals surface area contributed by atoms with E-state index >= 15 is 0 Å². The number of carboxylic acid groups (broad SMARTS) is 1. The smallest absolute Gasteiger partial charge is 0.407 e.